The highest BCUT2D eigenvalue weighted by Crippen LogP contribution is 2.23. The topological polar surface area (TPSA) is 84.3 Å². The number of carbonyl (C=O) groups is 1. The maximum absolute atomic E-state index is 13.7. The fourth-order valence-electron chi connectivity index (χ4n) is 2.62. The Kier molecular flexibility index (Phi) is 3.76. The summed E-state index contributed by atoms with van der Waals surface area (Å²) in [5.74, 6) is -1.48. The van der Waals surface area contributed by atoms with E-state index in [1.807, 2.05) is 0 Å². The Bertz CT molecular complexity index is 1110. The highest BCUT2D eigenvalue weighted by molar-refractivity contribution is 5.94. The number of esters is 1. The van der Waals surface area contributed by atoms with Crippen molar-refractivity contribution in [1.82, 2.24) is 19.6 Å². The van der Waals surface area contributed by atoms with Gasteiger partial charge in [0.05, 0.1) is 23.2 Å². The number of H-pyrrole nitrogens is 1. The quantitative estimate of drug-likeness (QED) is 0.547. The third-order valence-corrected chi connectivity index (χ3v) is 3.78. The Morgan fingerprint density at radius 2 is 2.00 bits per heavy atom. The van der Waals surface area contributed by atoms with Crippen LogP contribution in [0.4, 0.5) is 20.4 Å². The first kappa shape index (κ1) is 16.0. The van der Waals surface area contributed by atoms with E-state index in [1.165, 1.54) is 6.07 Å². The second kappa shape index (κ2) is 6.10. The molecule has 2 heterocycles. The largest absolute Gasteiger partial charge is 0.462 e. The van der Waals surface area contributed by atoms with Gasteiger partial charge in [-0.15, -0.1) is 0 Å². The average Bonchev–Trinajstić information content (AvgIpc) is 3.15. The molecule has 0 aliphatic carbocycles. The van der Waals surface area contributed by atoms with Crippen LogP contribution >= 0.6 is 0 Å². The fourth-order valence-corrected chi connectivity index (χ4v) is 2.62. The second-order valence-electron chi connectivity index (χ2n) is 5.47. The van der Waals surface area contributed by atoms with E-state index in [9.17, 15) is 13.6 Å². The zero-order chi connectivity index (χ0) is 18.3. The molecule has 26 heavy (non-hydrogen) atoms. The van der Waals surface area contributed by atoms with Crippen molar-refractivity contribution < 1.29 is 18.3 Å². The molecule has 132 valence electrons. The number of fused-ring (bicyclic) bond motifs is 3. The number of hydrogen-bond donors (Lipinski definition) is 2. The zero-order valence-electron chi connectivity index (χ0n) is 13.6. The number of benzene rings is 2. The minimum atomic E-state index is -0.733. The van der Waals surface area contributed by atoms with Crippen molar-refractivity contribution in [2.24, 2.45) is 0 Å². The summed E-state index contributed by atoms with van der Waals surface area (Å²) in [7, 11) is 0. The molecule has 4 rings (SSSR count). The molecule has 2 aromatic carbocycles. The monoisotopic (exact) mass is 357 g/mol. The van der Waals surface area contributed by atoms with Gasteiger partial charge in [0.25, 0.3) is 5.78 Å². The minimum Gasteiger partial charge on any atom is -0.462 e. The van der Waals surface area contributed by atoms with Crippen molar-refractivity contribution in [3.8, 4) is 0 Å². The third kappa shape index (κ3) is 2.63. The molecule has 0 fully saturated rings. The van der Waals surface area contributed by atoms with E-state index in [1.54, 1.807) is 29.6 Å². The second-order valence-corrected chi connectivity index (χ2v) is 5.47. The van der Waals surface area contributed by atoms with Gasteiger partial charge in [0.2, 0.25) is 5.95 Å². The summed E-state index contributed by atoms with van der Waals surface area (Å²) >= 11 is 0. The number of nitrogens with zero attached hydrogens (tertiary/aromatic N) is 3. The predicted octanol–water partition coefficient (Wildman–Crippen LogP) is 3.41. The molecule has 0 saturated heterocycles. The summed E-state index contributed by atoms with van der Waals surface area (Å²) in [6, 6.07) is 8.46. The van der Waals surface area contributed by atoms with Crippen LogP contribution in [0.1, 0.15) is 17.3 Å². The van der Waals surface area contributed by atoms with Gasteiger partial charge in [-0.25, -0.2) is 23.1 Å². The number of rotatable bonds is 4. The number of imidazole rings is 1. The number of ether oxygens (including phenoxy) is 1. The van der Waals surface area contributed by atoms with Crippen LogP contribution in [-0.2, 0) is 4.74 Å². The molecule has 2 N–H and O–H groups in total. The normalized spacial score (nSPS) is 11.2. The van der Waals surface area contributed by atoms with Crippen LogP contribution < -0.4 is 5.32 Å². The molecule has 2 aromatic heterocycles. The van der Waals surface area contributed by atoms with E-state index >= 15 is 0 Å². The number of para-hydroxylation sites is 1. The molecule has 4 aromatic rings. The Hall–Kier alpha value is -3.49. The number of nitrogens with one attached hydrogen (secondary N) is 2. The van der Waals surface area contributed by atoms with E-state index in [2.05, 4.69) is 20.4 Å². The number of aromatic amines is 1. The van der Waals surface area contributed by atoms with Crippen LogP contribution in [0.25, 0.3) is 16.8 Å². The van der Waals surface area contributed by atoms with Crippen molar-refractivity contribution >= 4 is 34.4 Å². The number of hydrogen-bond acceptors (Lipinski definition) is 5. The molecular formula is C17H13F2N5O2. The molecule has 0 amide bonds. The lowest BCUT2D eigenvalue weighted by atomic mass is 10.2. The van der Waals surface area contributed by atoms with Crippen LogP contribution in [0.2, 0.25) is 0 Å². The maximum atomic E-state index is 13.7. The Labute approximate surface area is 145 Å². The molecule has 0 bridgehead atoms. The van der Waals surface area contributed by atoms with Crippen LogP contribution in [0.15, 0.2) is 36.4 Å². The highest BCUT2D eigenvalue weighted by atomic mass is 19.1. The van der Waals surface area contributed by atoms with Crippen molar-refractivity contribution in [2.75, 3.05) is 11.9 Å². The van der Waals surface area contributed by atoms with Gasteiger partial charge in [0, 0.05) is 0 Å². The first-order chi connectivity index (χ1) is 12.6. The van der Waals surface area contributed by atoms with Crippen molar-refractivity contribution in [1.29, 1.82) is 0 Å². The Morgan fingerprint density at radius 3 is 2.73 bits per heavy atom. The molecule has 0 aliphatic heterocycles. The van der Waals surface area contributed by atoms with Crippen LogP contribution in [-0.4, -0.2) is 32.2 Å². The van der Waals surface area contributed by atoms with Gasteiger partial charge in [0.15, 0.2) is 0 Å². The molecule has 7 nitrogen and oxygen atoms in total. The van der Waals surface area contributed by atoms with E-state index in [0.29, 0.717) is 22.4 Å². The molecule has 0 radical (unpaired) electrons. The lowest BCUT2D eigenvalue weighted by Crippen LogP contribution is -2.04. The molecule has 0 aliphatic rings. The number of anilines is 2. The Balaban J connectivity index is 1.71. The first-order valence-electron chi connectivity index (χ1n) is 7.83. The van der Waals surface area contributed by atoms with E-state index in [4.69, 9.17) is 4.74 Å². The van der Waals surface area contributed by atoms with Crippen molar-refractivity contribution in [2.45, 2.75) is 6.92 Å². The molecule has 0 atom stereocenters. The van der Waals surface area contributed by atoms with Gasteiger partial charge >= 0.3 is 5.97 Å². The molecular weight excluding hydrogens is 344 g/mol. The maximum Gasteiger partial charge on any atom is 0.338 e. The number of aromatic nitrogens is 4. The van der Waals surface area contributed by atoms with Crippen LogP contribution in [0.5, 0.6) is 0 Å². The molecule has 0 spiro atoms. The SMILES string of the molecule is CCOC(=O)c1ccc2c(c1)nc1nc(Nc3c(F)cccc3F)[nH]n12. The summed E-state index contributed by atoms with van der Waals surface area (Å²) in [4.78, 5) is 20.3. The minimum absolute atomic E-state index is 0.132. The summed E-state index contributed by atoms with van der Waals surface area (Å²) in [6.45, 7) is 2.01. The number of halogens is 2. The predicted molar refractivity (Wildman–Crippen MR) is 90.4 cm³/mol. The highest BCUT2D eigenvalue weighted by Gasteiger charge is 2.15. The lowest BCUT2D eigenvalue weighted by molar-refractivity contribution is 0.0526. The van der Waals surface area contributed by atoms with E-state index in [-0.39, 0.29) is 18.2 Å². The number of carbonyl (C=O) groups excluding carboxylic acids is 1. The fraction of sp³-hybridized carbons (Fsp3) is 0.118. The smallest absolute Gasteiger partial charge is 0.338 e. The van der Waals surface area contributed by atoms with Gasteiger partial charge in [-0.3, -0.25) is 5.10 Å². The van der Waals surface area contributed by atoms with Gasteiger partial charge in [-0.1, -0.05) is 6.07 Å². The van der Waals surface area contributed by atoms with Gasteiger partial charge in [-0.2, -0.15) is 4.98 Å². The van der Waals surface area contributed by atoms with Gasteiger partial charge < -0.3 is 10.1 Å². The lowest BCUT2D eigenvalue weighted by Gasteiger charge is -2.05. The summed E-state index contributed by atoms with van der Waals surface area (Å²) in [5.41, 5.74) is 1.27. The van der Waals surface area contributed by atoms with Crippen molar-refractivity contribution in [3.63, 3.8) is 0 Å². The average molecular weight is 357 g/mol. The molecule has 9 heteroatoms. The third-order valence-electron chi connectivity index (χ3n) is 3.78. The van der Waals surface area contributed by atoms with Crippen molar-refractivity contribution in [3.05, 3.63) is 53.6 Å². The first-order valence-corrected chi connectivity index (χ1v) is 7.83. The van der Waals surface area contributed by atoms with Gasteiger partial charge in [-0.05, 0) is 37.3 Å². The summed E-state index contributed by atoms with van der Waals surface area (Å²) in [6.07, 6.45) is 0. The standard InChI is InChI=1S/C17H13F2N5O2/c1-2-26-15(25)9-6-7-13-12(8-9)20-17-22-16(23-24(13)17)21-14-10(18)4-3-5-11(14)19/h3-8H,2H2,1H3,(H2,20,21,22,23). The van der Waals surface area contributed by atoms with Crippen LogP contribution in [0, 0.1) is 11.6 Å². The zero-order valence-corrected chi connectivity index (χ0v) is 13.6. The molecule has 0 saturated carbocycles. The summed E-state index contributed by atoms with van der Waals surface area (Å²) in [5, 5.41) is 5.45. The van der Waals surface area contributed by atoms with Crippen LogP contribution in [0.3, 0.4) is 0 Å². The van der Waals surface area contributed by atoms with Gasteiger partial charge in [0.1, 0.15) is 17.3 Å². The summed E-state index contributed by atoms with van der Waals surface area (Å²) < 4.78 is 34.0. The van der Waals surface area contributed by atoms with E-state index in [0.717, 1.165) is 12.1 Å². The molecule has 0 unspecified atom stereocenters. The Morgan fingerprint density at radius 1 is 1.23 bits per heavy atom. The van der Waals surface area contributed by atoms with E-state index < -0.39 is 17.6 Å².